The average molecular weight is 1160 g/mol. The average Bonchev–Trinajstić information content (AvgIpc) is 3.29. The van der Waals surface area contributed by atoms with Crippen molar-refractivity contribution in [2.24, 2.45) is 0 Å². The van der Waals surface area contributed by atoms with E-state index < -0.39 is 15.2 Å². The quantitative estimate of drug-likeness (QED) is 0.0295. The van der Waals surface area contributed by atoms with E-state index in [1.165, 1.54) is 193 Å². The summed E-state index contributed by atoms with van der Waals surface area (Å²) in [5.41, 5.74) is 4.75. The van der Waals surface area contributed by atoms with Gasteiger partial charge in [-0.1, -0.05) is 314 Å². The van der Waals surface area contributed by atoms with Crippen molar-refractivity contribution in [3.63, 3.8) is 0 Å². The molecule has 0 heterocycles. The predicted molar refractivity (Wildman–Crippen MR) is 329 cm³/mol. The summed E-state index contributed by atoms with van der Waals surface area (Å²) in [5.74, 6) is 1.81. The molecule has 4 N–H and O–H groups in total. The van der Waals surface area contributed by atoms with Crippen LogP contribution in [0.25, 0.3) is 0 Å². The van der Waals surface area contributed by atoms with Crippen LogP contribution in [0.15, 0.2) is 24.3 Å². The largest absolute Gasteiger partial charge is 0.493 e. The summed E-state index contributed by atoms with van der Waals surface area (Å²) in [6.07, 6.45) is 42.7. The SMILES string of the molecule is CCCCCCCCCCCCCCCCCCOc1c(C(C)(C)C)cc(CP(=O)(O)O)cc1C(C)(C)C.CCCCCCCCCCCCCCCCCCOc1c(C(C)(C)C)cc(CP(=O)(O)O)cc1C(C)(C)C.[Ni]. The second-order valence-corrected chi connectivity index (χ2v) is 30.3. The minimum atomic E-state index is -4.14. The third kappa shape index (κ3) is 37.5. The Morgan fingerprint density at radius 3 is 0.649 bits per heavy atom. The fourth-order valence-electron chi connectivity index (χ4n) is 10.2. The van der Waals surface area contributed by atoms with Gasteiger partial charge in [0.2, 0.25) is 0 Å². The van der Waals surface area contributed by atoms with E-state index in [4.69, 9.17) is 9.47 Å². The van der Waals surface area contributed by atoms with Gasteiger partial charge in [-0.25, -0.2) is 0 Å². The van der Waals surface area contributed by atoms with Crippen LogP contribution in [0.2, 0.25) is 0 Å². The maximum absolute atomic E-state index is 11.7. The minimum absolute atomic E-state index is 0. The Kier molecular flexibility index (Phi) is 39.5. The molecule has 0 aliphatic carbocycles. The maximum Gasteiger partial charge on any atom is 0.329 e. The molecule has 11 heteroatoms. The molecule has 0 unspecified atom stereocenters. The zero-order valence-corrected chi connectivity index (χ0v) is 55.2. The molecule has 2 aromatic rings. The van der Waals surface area contributed by atoms with Crippen LogP contribution < -0.4 is 9.47 Å². The molecule has 454 valence electrons. The first-order valence-electron chi connectivity index (χ1n) is 31.2. The Morgan fingerprint density at radius 2 is 0.494 bits per heavy atom. The second-order valence-electron chi connectivity index (χ2n) is 27.0. The molecule has 0 saturated heterocycles. The molecule has 8 nitrogen and oxygen atoms in total. The Bertz CT molecular complexity index is 1700. The topological polar surface area (TPSA) is 134 Å². The minimum Gasteiger partial charge on any atom is -0.493 e. The van der Waals surface area contributed by atoms with Crippen LogP contribution in [0.1, 0.15) is 336 Å². The van der Waals surface area contributed by atoms with Crippen molar-refractivity contribution in [3.05, 3.63) is 57.6 Å². The number of hydrogen-bond donors (Lipinski definition) is 4. The molecule has 0 spiro atoms. The molecule has 77 heavy (non-hydrogen) atoms. The van der Waals surface area contributed by atoms with E-state index in [-0.39, 0.29) is 50.5 Å². The van der Waals surface area contributed by atoms with Gasteiger partial charge in [0.05, 0.1) is 25.5 Å². The molecular formula is C66H122NiO8P2. The van der Waals surface area contributed by atoms with Gasteiger partial charge < -0.3 is 29.0 Å². The summed E-state index contributed by atoms with van der Waals surface area (Å²) in [4.78, 5) is 38.3. The number of unbranched alkanes of at least 4 members (excludes halogenated alkanes) is 30. The smallest absolute Gasteiger partial charge is 0.329 e. The van der Waals surface area contributed by atoms with Crippen molar-refractivity contribution < 1.29 is 54.7 Å². The fraction of sp³-hybridized carbons (Fsp3) is 0.818. The third-order valence-corrected chi connectivity index (χ3v) is 16.3. The molecule has 0 radical (unpaired) electrons. The van der Waals surface area contributed by atoms with E-state index in [1.54, 1.807) is 0 Å². The Morgan fingerprint density at radius 1 is 0.325 bits per heavy atom. The van der Waals surface area contributed by atoms with E-state index in [0.29, 0.717) is 24.3 Å². The summed E-state index contributed by atoms with van der Waals surface area (Å²) < 4.78 is 36.3. The van der Waals surface area contributed by atoms with Gasteiger partial charge in [0.1, 0.15) is 11.5 Å². The number of rotatable bonds is 40. The molecule has 2 aromatic carbocycles. The van der Waals surface area contributed by atoms with Gasteiger partial charge >= 0.3 is 15.2 Å². The van der Waals surface area contributed by atoms with Crippen molar-refractivity contribution in [2.75, 3.05) is 13.2 Å². The van der Waals surface area contributed by atoms with Gasteiger partial charge in [-0.15, -0.1) is 0 Å². The standard InChI is InChI=1S/2C33H61O4P.Ni/c2*1-8-9-10-11-12-13-14-15-16-17-18-19-20-21-22-23-24-37-31-29(32(2,3)4)25-28(27-38(34,35)36)26-30(31)33(5,6)7;/h2*25-26H,8-24,27H2,1-7H3,(H2,34,35,36);. The molecule has 0 amide bonds. The summed E-state index contributed by atoms with van der Waals surface area (Å²) in [6.45, 7) is 31.6. The summed E-state index contributed by atoms with van der Waals surface area (Å²) >= 11 is 0. The van der Waals surface area contributed by atoms with E-state index >= 15 is 0 Å². The zero-order chi connectivity index (χ0) is 57.3. The van der Waals surface area contributed by atoms with Crippen LogP contribution in [-0.4, -0.2) is 32.8 Å². The monoisotopic (exact) mass is 1160 g/mol. The fourth-order valence-corrected chi connectivity index (χ4v) is 11.5. The van der Waals surface area contributed by atoms with E-state index in [0.717, 1.165) is 46.6 Å². The zero-order valence-electron chi connectivity index (χ0n) is 52.4. The summed E-state index contributed by atoms with van der Waals surface area (Å²) in [7, 11) is -8.29. The number of ether oxygens (including phenoxy) is 2. The second kappa shape index (κ2) is 40.1. The Hall–Kier alpha value is -1.17. The predicted octanol–water partition coefficient (Wildman–Crippen LogP) is 21.2. The van der Waals surface area contributed by atoms with Crippen molar-refractivity contribution in [2.45, 2.75) is 336 Å². The molecule has 0 fully saturated rings. The first kappa shape index (κ1) is 75.8. The van der Waals surface area contributed by atoms with Crippen LogP contribution >= 0.6 is 15.2 Å². The Balaban J connectivity index is 0.00000148. The molecule has 0 aliphatic heterocycles. The molecule has 0 saturated carbocycles. The molecule has 0 aliphatic rings. The maximum atomic E-state index is 11.7. The summed E-state index contributed by atoms with van der Waals surface area (Å²) in [5, 5.41) is 0. The van der Waals surface area contributed by atoms with Crippen molar-refractivity contribution in [3.8, 4) is 11.5 Å². The normalized spacial score (nSPS) is 12.6. The van der Waals surface area contributed by atoms with Gasteiger partial charge in [-0.05, 0) is 45.6 Å². The van der Waals surface area contributed by atoms with Crippen LogP contribution in [0.4, 0.5) is 0 Å². The van der Waals surface area contributed by atoms with Gasteiger partial charge in [-0.2, -0.15) is 0 Å². The van der Waals surface area contributed by atoms with Crippen molar-refractivity contribution in [1.29, 1.82) is 0 Å². The van der Waals surface area contributed by atoms with Gasteiger partial charge in [0.25, 0.3) is 0 Å². The van der Waals surface area contributed by atoms with Gasteiger partial charge in [-0.3, -0.25) is 9.13 Å². The van der Waals surface area contributed by atoms with Crippen LogP contribution in [-0.2, 0) is 59.6 Å². The van der Waals surface area contributed by atoms with Gasteiger partial charge in [0.15, 0.2) is 0 Å². The Labute approximate surface area is 486 Å². The third-order valence-electron chi connectivity index (χ3n) is 14.8. The number of hydrogen-bond acceptors (Lipinski definition) is 4. The van der Waals surface area contributed by atoms with Crippen LogP contribution in [0, 0.1) is 0 Å². The molecular weight excluding hydrogens is 1040 g/mol. The molecule has 0 aromatic heterocycles. The van der Waals surface area contributed by atoms with E-state index in [9.17, 15) is 28.7 Å². The van der Waals surface area contributed by atoms with E-state index in [1.807, 2.05) is 24.3 Å². The van der Waals surface area contributed by atoms with Crippen LogP contribution in [0.3, 0.4) is 0 Å². The van der Waals surface area contributed by atoms with Crippen LogP contribution in [0.5, 0.6) is 11.5 Å². The molecule has 2 rings (SSSR count). The van der Waals surface area contributed by atoms with Crippen molar-refractivity contribution in [1.82, 2.24) is 0 Å². The summed E-state index contributed by atoms with van der Waals surface area (Å²) in [6, 6.07) is 7.77. The first-order chi connectivity index (χ1) is 35.5. The van der Waals surface area contributed by atoms with Crippen molar-refractivity contribution >= 4 is 15.2 Å². The number of benzene rings is 2. The van der Waals surface area contributed by atoms with E-state index in [2.05, 4.69) is 96.9 Å². The first-order valence-corrected chi connectivity index (χ1v) is 34.8. The van der Waals surface area contributed by atoms with Gasteiger partial charge in [0, 0.05) is 38.7 Å². The molecule has 0 bridgehead atoms. The molecule has 0 atom stereocenters.